The number of benzene rings is 2. The molecule has 31 heavy (non-hydrogen) atoms. The number of alkyl halides is 6. The van der Waals surface area contributed by atoms with Crippen LogP contribution in [0.25, 0.3) is 0 Å². The highest BCUT2D eigenvalue weighted by atomic mass is 19.4. The number of hydrogen-bond acceptors (Lipinski definition) is 4. The minimum absolute atomic E-state index is 0.00207. The van der Waals surface area contributed by atoms with Crippen LogP contribution < -0.4 is 5.32 Å². The van der Waals surface area contributed by atoms with Crippen LogP contribution in [0.1, 0.15) is 34.4 Å². The van der Waals surface area contributed by atoms with Gasteiger partial charge >= 0.3 is 12.4 Å². The Morgan fingerprint density at radius 1 is 1.00 bits per heavy atom. The number of halogens is 7. The van der Waals surface area contributed by atoms with Gasteiger partial charge in [-0.1, -0.05) is 12.1 Å². The molecule has 0 radical (unpaired) electrons. The standard InChI is InChI=1S/C20H18F7NO3/c21-15-3-1-11(2-4-15)17-18(30-6-5-28-17)31-16(10-29)12-7-13(19(22,23)24)9-14(8-12)20(25,26)27/h1-4,7-9,16-18,28-29H,5-6,10H2/t16?,17-,18-/m0/s1. The number of nitrogens with one attached hydrogen (secondary N) is 1. The summed E-state index contributed by atoms with van der Waals surface area (Å²) in [5, 5.41) is 12.7. The second-order valence-corrected chi connectivity index (χ2v) is 6.87. The van der Waals surface area contributed by atoms with Crippen molar-refractivity contribution in [1.82, 2.24) is 5.32 Å². The van der Waals surface area contributed by atoms with Crippen molar-refractivity contribution in [1.29, 1.82) is 0 Å². The third-order valence-electron chi connectivity index (χ3n) is 4.70. The molecule has 2 aromatic carbocycles. The van der Waals surface area contributed by atoms with Gasteiger partial charge in [0.2, 0.25) is 0 Å². The lowest BCUT2D eigenvalue weighted by Crippen LogP contribution is -2.44. The van der Waals surface area contributed by atoms with Crippen molar-refractivity contribution in [2.75, 3.05) is 19.8 Å². The molecule has 0 spiro atoms. The van der Waals surface area contributed by atoms with E-state index in [1.807, 2.05) is 0 Å². The van der Waals surface area contributed by atoms with Gasteiger partial charge in [0.15, 0.2) is 6.29 Å². The van der Waals surface area contributed by atoms with Crippen molar-refractivity contribution in [3.05, 3.63) is 70.5 Å². The van der Waals surface area contributed by atoms with E-state index in [0.29, 0.717) is 24.2 Å². The summed E-state index contributed by atoms with van der Waals surface area (Å²) < 4.78 is 103. The van der Waals surface area contributed by atoms with Gasteiger partial charge in [-0.05, 0) is 41.5 Å². The molecule has 0 aromatic heterocycles. The highest BCUT2D eigenvalue weighted by Crippen LogP contribution is 2.38. The molecule has 1 aliphatic heterocycles. The van der Waals surface area contributed by atoms with Gasteiger partial charge in [0.05, 0.1) is 30.4 Å². The Balaban J connectivity index is 1.92. The van der Waals surface area contributed by atoms with Crippen LogP contribution in [-0.4, -0.2) is 31.2 Å². The first-order valence-electron chi connectivity index (χ1n) is 9.15. The number of rotatable bonds is 5. The average Bonchev–Trinajstić information content (AvgIpc) is 2.71. The first-order chi connectivity index (χ1) is 14.5. The second-order valence-electron chi connectivity index (χ2n) is 6.87. The summed E-state index contributed by atoms with van der Waals surface area (Å²) in [6, 6.07) is 5.58. The maximum atomic E-state index is 13.2. The van der Waals surface area contributed by atoms with Gasteiger partial charge in [-0.25, -0.2) is 4.39 Å². The fourth-order valence-corrected chi connectivity index (χ4v) is 3.20. The zero-order valence-electron chi connectivity index (χ0n) is 15.8. The maximum absolute atomic E-state index is 13.2. The highest BCUT2D eigenvalue weighted by molar-refractivity contribution is 5.35. The normalized spacial score (nSPS) is 21.2. The third kappa shape index (κ3) is 5.73. The van der Waals surface area contributed by atoms with Gasteiger partial charge in [0.1, 0.15) is 11.9 Å². The molecule has 0 bridgehead atoms. The predicted octanol–water partition coefficient (Wildman–Crippen LogP) is 4.60. The fourth-order valence-electron chi connectivity index (χ4n) is 3.20. The zero-order chi connectivity index (χ0) is 22.8. The Morgan fingerprint density at radius 2 is 1.58 bits per heavy atom. The van der Waals surface area contributed by atoms with E-state index in [-0.39, 0.29) is 12.7 Å². The number of ether oxygens (including phenoxy) is 2. The fraction of sp³-hybridized carbons (Fsp3) is 0.400. The zero-order valence-corrected chi connectivity index (χ0v) is 15.8. The first kappa shape index (κ1) is 23.5. The van der Waals surface area contributed by atoms with Crippen LogP contribution in [0, 0.1) is 5.82 Å². The van der Waals surface area contributed by atoms with Crippen molar-refractivity contribution < 1.29 is 45.3 Å². The summed E-state index contributed by atoms with van der Waals surface area (Å²) in [6.07, 6.45) is -12.7. The molecule has 4 nitrogen and oxygen atoms in total. The van der Waals surface area contributed by atoms with E-state index in [0.717, 1.165) is 0 Å². The molecular weight excluding hydrogens is 435 g/mol. The first-order valence-corrected chi connectivity index (χ1v) is 9.15. The Bertz CT molecular complexity index is 852. The number of aliphatic hydroxyl groups excluding tert-OH is 1. The monoisotopic (exact) mass is 453 g/mol. The summed E-state index contributed by atoms with van der Waals surface area (Å²) in [7, 11) is 0. The topological polar surface area (TPSA) is 50.7 Å². The lowest BCUT2D eigenvalue weighted by atomic mass is 10.0. The summed E-state index contributed by atoms with van der Waals surface area (Å²) in [5.41, 5.74) is -3.01. The molecule has 1 saturated heterocycles. The van der Waals surface area contributed by atoms with Gasteiger partial charge in [0.25, 0.3) is 0 Å². The second kappa shape index (κ2) is 9.11. The van der Waals surface area contributed by atoms with Crippen LogP contribution in [0.2, 0.25) is 0 Å². The predicted molar refractivity (Wildman–Crippen MR) is 94.2 cm³/mol. The van der Waals surface area contributed by atoms with Crippen molar-refractivity contribution in [2.45, 2.75) is 30.8 Å². The molecule has 1 heterocycles. The van der Waals surface area contributed by atoms with E-state index < -0.39 is 59.9 Å². The van der Waals surface area contributed by atoms with E-state index in [1.165, 1.54) is 24.3 Å². The van der Waals surface area contributed by atoms with Gasteiger partial charge in [-0.3, -0.25) is 0 Å². The van der Waals surface area contributed by atoms with Gasteiger partial charge in [-0.2, -0.15) is 26.3 Å². The molecule has 11 heteroatoms. The largest absolute Gasteiger partial charge is 0.416 e. The number of hydrogen-bond donors (Lipinski definition) is 2. The Hall–Kier alpha value is -2.21. The number of morpholine rings is 1. The molecule has 0 aliphatic carbocycles. The molecule has 2 aromatic rings. The Kier molecular flexibility index (Phi) is 6.89. The van der Waals surface area contributed by atoms with E-state index >= 15 is 0 Å². The maximum Gasteiger partial charge on any atom is 0.416 e. The molecule has 1 unspecified atom stereocenters. The number of aliphatic hydroxyl groups is 1. The van der Waals surface area contributed by atoms with Gasteiger partial charge in [0, 0.05) is 6.54 Å². The summed E-state index contributed by atoms with van der Waals surface area (Å²) in [6.45, 7) is -0.362. The molecule has 3 atom stereocenters. The smallest absolute Gasteiger partial charge is 0.393 e. The molecule has 170 valence electrons. The summed E-state index contributed by atoms with van der Waals surface area (Å²) >= 11 is 0. The minimum atomic E-state index is -5.03. The van der Waals surface area contributed by atoms with Crippen LogP contribution in [0.5, 0.6) is 0 Å². The van der Waals surface area contributed by atoms with Crippen LogP contribution in [-0.2, 0) is 21.8 Å². The lowest BCUT2D eigenvalue weighted by Gasteiger charge is -2.35. The van der Waals surface area contributed by atoms with E-state index in [2.05, 4.69) is 5.32 Å². The Labute approximate surface area is 172 Å². The van der Waals surface area contributed by atoms with E-state index in [4.69, 9.17) is 9.47 Å². The molecule has 0 amide bonds. The molecule has 3 rings (SSSR count). The van der Waals surface area contributed by atoms with Crippen LogP contribution in [0.3, 0.4) is 0 Å². The van der Waals surface area contributed by atoms with Crippen molar-refractivity contribution in [2.24, 2.45) is 0 Å². The molecule has 1 fully saturated rings. The van der Waals surface area contributed by atoms with Crippen LogP contribution >= 0.6 is 0 Å². The van der Waals surface area contributed by atoms with Crippen molar-refractivity contribution >= 4 is 0 Å². The SMILES string of the molecule is OCC(O[C@@H]1OCCN[C@H]1c1ccc(F)cc1)c1cc(C(F)(F)F)cc(C(F)(F)F)c1. The van der Waals surface area contributed by atoms with Crippen molar-refractivity contribution in [3.8, 4) is 0 Å². The van der Waals surface area contributed by atoms with Crippen LogP contribution in [0.15, 0.2) is 42.5 Å². The summed E-state index contributed by atoms with van der Waals surface area (Å²) in [5.74, 6) is -0.491. The average molecular weight is 453 g/mol. The highest BCUT2D eigenvalue weighted by Gasteiger charge is 2.38. The summed E-state index contributed by atoms with van der Waals surface area (Å²) in [4.78, 5) is 0. The van der Waals surface area contributed by atoms with Gasteiger partial charge in [-0.15, -0.1) is 0 Å². The molecule has 2 N–H and O–H groups in total. The van der Waals surface area contributed by atoms with E-state index in [1.54, 1.807) is 0 Å². The minimum Gasteiger partial charge on any atom is -0.393 e. The van der Waals surface area contributed by atoms with Gasteiger partial charge < -0.3 is 19.9 Å². The van der Waals surface area contributed by atoms with E-state index in [9.17, 15) is 35.8 Å². The Morgan fingerprint density at radius 3 is 2.10 bits per heavy atom. The third-order valence-corrected chi connectivity index (χ3v) is 4.70. The molecule has 0 saturated carbocycles. The quantitative estimate of drug-likeness (QED) is 0.650. The van der Waals surface area contributed by atoms with Crippen LogP contribution in [0.4, 0.5) is 30.7 Å². The lowest BCUT2D eigenvalue weighted by molar-refractivity contribution is -0.209. The van der Waals surface area contributed by atoms with Crippen molar-refractivity contribution in [3.63, 3.8) is 0 Å². The molecular formula is C20H18F7NO3. The molecule has 1 aliphatic rings.